The summed E-state index contributed by atoms with van der Waals surface area (Å²) in [5.74, 6) is -0.0319. The van der Waals surface area contributed by atoms with Gasteiger partial charge in [0.05, 0.1) is 12.0 Å². The highest BCUT2D eigenvalue weighted by Gasteiger charge is 2.20. The molecule has 0 heterocycles. The molecule has 0 atom stereocenters. The topological polar surface area (TPSA) is 86.5 Å². The van der Waals surface area contributed by atoms with Gasteiger partial charge in [-0.3, -0.25) is 10.1 Å². The van der Waals surface area contributed by atoms with Gasteiger partial charge in [0.1, 0.15) is 10.6 Å². The molecule has 1 aromatic rings. The molecule has 0 fully saturated rings. The molecule has 6 nitrogen and oxygen atoms in total. The van der Waals surface area contributed by atoms with E-state index in [1.165, 1.54) is 13.2 Å². The van der Waals surface area contributed by atoms with Gasteiger partial charge in [-0.15, -0.1) is 0 Å². The molecule has 0 N–H and O–H groups in total. The number of rotatable bonds is 3. The zero-order valence-corrected chi connectivity index (χ0v) is 9.08. The molecular formula is C7H6ClNO5S. The molecule has 0 aromatic heterocycles. The largest absolute Gasteiger partial charge is 0.495 e. The lowest BCUT2D eigenvalue weighted by atomic mass is 10.3. The Morgan fingerprint density at radius 3 is 2.47 bits per heavy atom. The molecule has 0 unspecified atom stereocenters. The van der Waals surface area contributed by atoms with Crippen LogP contribution in [-0.4, -0.2) is 20.5 Å². The Morgan fingerprint density at radius 1 is 1.47 bits per heavy atom. The number of methoxy groups -OCH3 is 1. The average Bonchev–Trinajstić information content (AvgIpc) is 2.15. The van der Waals surface area contributed by atoms with Crippen molar-refractivity contribution in [1.82, 2.24) is 0 Å². The zero-order valence-electron chi connectivity index (χ0n) is 7.51. The van der Waals surface area contributed by atoms with Crippen LogP contribution in [0.3, 0.4) is 0 Å². The molecule has 1 rings (SSSR count). The second-order valence-electron chi connectivity index (χ2n) is 2.53. The summed E-state index contributed by atoms with van der Waals surface area (Å²) in [5, 5.41) is 10.4. The fourth-order valence-electron chi connectivity index (χ4n) is 0.969. The molecule has 0 spiro atoms. The molecule has 0 aliphatic heterocycles. The molecule has 0 radical (unpaired) electrons. The Kier molecular flexibility index (Phi) is 3.15. The highest BCUT2D eigenvalue weighted by atomic mass is 35.7. The summed E-state index contributed by atoms with van der Waals surface area (Å²) in [6.45, 7) is 0. The standard InChI is InChI=1S/C7H6ClNO5S/c1-14-6-3-2-5(9(10)11)4-7(6)15(8,12)13/h2-4H,1H3. The van der Waals surface area contributed by atoms with Crippen LogP contribution in [-0.2, 0) is 9.05 Å². The predicted octanol–water partition coefficient (Wildman–Crippen LogP) is 1.53. The zero-order chi connectivity index (χ0) is 11.6. The summed E-state index contributed by atoms with van der Waals surface area (Å²) in [4.78, 5) is 9.27. The Hall–Kier alpha value is -1.34. The molecule has 0 aliphatic carbocycles. The first-order valence-electron chi connectivity index (χ1n) is 3.63. The van der Waals surface area contributed by atoms with Crippen molar-refractivity contribution in [3.63, 3.8) is 0 Å². The van der Waals surface area contributed by atoms with Gasteiger partial charge in [0, 0.05) is 22.8 Å². The van der Waals surface area contributed by atoms with Crippen LogP contribution in [0.4, 0.5) is 5.69 Å². The van der Waals surface area contributed by atoms with E-state index in [1.54, 1.807) is 0 Å². The first-order valence-corrected chi connectivity index (χ1v) is 5.94. The minimum absolute atomic E-state index is 0.0319. The monoisotopic (exact) mass is 251 g/mol. The van der Waals surface area contributed by atoms with Gasteiger partial charge in [-0.1, -0.05) is 0 Å². The van der Waals surface area contributed by atoms with Crippen LogP contribution in [0.1, 0.15) is 0 Å². The number of hydrogen-bond donors (Lipinski definition) is 0. The molecule has 82 valence electrons. The fraction of sp³-hybridized carbons (Fsp3) is 0.143. The number of nitrogens with zero attached hydrogens (tertiary/aromatic N) is 1. The molecule has 0 amide bonds. The summed E-state index contributed by atoms with van der Waals surface area (Å²) >= 11 is 0. The number of halogens is 1. The number of benzene rings is 1. The molecule has 0 saturated heterocycles. The first kappa shape index (κ1) is 11.7. The minimum atomic E-state index is -4.06. The van der Waals surface area contributed by atoms with E-state index in [4.69, 9.17) is 15.4 Å². The van der Waals surface area contributed by atoms with Crippen LogP contribution in [0.15, 0.2) is 23.1 Å². The maximum atomic E-state index is 11.1. The van der Waals surface area contributed by atoms with Crippen molar-refractivity contribution in [2.75, 3.05) is 7.11 Å². The SMILES string of the molecule is COc1ccc([N+](=O)[O-])cc1S(=O)(=O)Cl. The van der Waals surface area contributed by atoms with E-state index >= 15 is 0 Å². The molecule has 0 bridgehead atoms. The quantitative estimate of drug-likeness (QED) is 0.462. The van der Waals surface area contributed by atoms with E-state index < -0.39 is 18.9 Å². The maximum absolute atomic E-state index is 11.1. The van der Waals surface area contributed by atoms with E-state index in [2.05, 4.69) is 0 Å². The smallest absolute Gasteiger partial charge is 0.271 e. The van der Waals surface area contributed by atoms with Crippen molar-refractivity contribution in [1.29, 1.82) is 0 Å². The number of ether oxygens (including phenoxy) is 1. The van der Waals surface area contributed by atoms with Crippen LogP contribution in [0.5, 0.6) is 5.75 Å². The molecule has 15 heavy (non-hydrogen) atoms. The van der Waals surface area contributed by atoms with Gasteiger partial charge in [-0.05, 0) is 6.07 Å². The van der Waals surface area contributed by atoms with Gasteiger partial charge in [0.25, 0.3) is 14.7 Å². The van der Waals surface area contributed by atoms with Crippen molar-refractivity contribution in [2.24, 2.45) is 0 Å². The summed E-state index contributed by atoms with van der Waals surface area (Å²) < 4.78 is 26.8. The molecule has 8 heteroatoms. The van der Waals surface area contributed by atoms with Crippen LogP contribution in [0.25, 0.3) is 0 Å². The first-order chi connectivity index (χ1) is 6.86. The van der Waals surface area contributed by atoms with Gasteiger partial charge < -0.3 is 4.74 Å². The Labute approximate surface area is 90.0 Å². The van der Waals surface area contributed by atoms with Gasteiger partial charge in [-0.2, -0.15) is 0 Å². The average molecular weight is 252 g/mol. The summed E-state index contributed by atoms with van der Waals surface area (Å²) in [5.41, 5.74) is -0.366. The lowest BCUT2D eigenvalue weighted by molar-refractivity contribution is -0.385. The van der Waals surface area contributed by atoms with E-state index in [1.807, 2.05) is 0 Å². The number of nitro groups is 1. The van der Waals surface area contributed by atoms with Crippen LogP contribution >= 0.6 is 10.7 Å². The lowest BCUT2D eigenvalue weighted by Gasteiger charge is -2.04. The van der Waals surface area contributed by atoms with E-state index in [0.717, 1.165) is 12.1 Å². The highest BCUT2D eigenvalue weighted by Crippen LogP contribution is 2.30. The van der Waals surface area contributed by atoms with E-state index in [-0.39, 0.29) is 11.4 Å². The second-order valence-corrected chi connectivity index (χ2v) is 5.06. The third kappa shape index (κ3) is 2.57. The number of nitro benzene ring substituents is 1. The minimum Gasteiger partial charge on any atom is -0.495 e. The number of hydrogen-bond acceptors (Lipinski definition) is 5. The number of non-ortho nitro benzene ring substituents is 1. The Balaban J connectivity index is 3.46. The van der Waals surface area contributed by atoms with Crippen LogP contribution < -0.4 is 4.74 Å². The highest BCUT2D eigenvalue weighted by molar-refractivity contribution is 8.13. The Morgan fingerprint density at radius 2 is 2.07 bits per heavy atom. The van der Waals surface area contributed by atoms with Crippen LogP contribution in [0, 0.1) is 10.1 Å². The second kappa shape index (κ2) is 4.03. The lowest BCUT2D eigenvalue weighted by Crippen LogP contribution is -1.98. The third-order valence-corrected chi connectivity index (χ3v) is 2.96. The van der Waals surface area contributed by atoms with E-state index in [0.29, 0.717) is 0 Å². The predicted molar refractivity (Wildman–Crippen MR) is 52.7 cm³/mol. The van der Waals surface area contributed by atoms with Crippen molar-refractivity contribution < 1.29 is 18.1 Å². The summed E-state index contributed by atoms with van der Waals surface area (Å²) in [7, 11) is 2.27. The van der Waals surface area contributed by atoms with Crippen molar-refractivity contribution in [2.45, 2.75) is 4.90 Å². The van der Waals surface area contributed by atoms with Crippen LogP contribution in [0.2, 0.25) is 0 Å². The maximum Gasteiger partial charge on any atom is 0.271 e. The van der Waals surface area contributed by atoms with E-state index in [9.17, 15) is 18.5 Å². The van der Waals surface area contributed by atoms with Gasteiger partial charge in [-0.25, -0.2) is 8.42 Å². The third-order valence-electron chi connectivity index (χ3n) is 1.62. The van der Waals surface area contributed by atoms with Gasteiger partial charge in [0.2, 0.25) is 0 Å². The van der Waals surface area contributed by atoms with Crippen molar-refractivity contribution in [3.05, 3.63) is 28.3 Å². The van der Waals surface area contributed by atoms with Crippen molar-refractivity contribution >= 4 is 25.4 Å². The molecule has 0 saturated carbocycles. The molecular weight excluding hydrogens is 246 g/mol. The summed E-state index contributed by atoms with van der Waals surface area (Å²) in [6.07, 6.45) is 0. The molecule has 1 aromatic carbocycles. The van der Waals surface area contributed by atoms with Gasteiger partial charge >= 0.3 is 0 Å². The van der Waals surface area contributed by atoms with Crippen molar-refractivity contribution in [3.8, 4) is 5.75 Å². The Bertz CT molecular complexity index is 498. The fourth-order valence-corrected chi connectivity index (χ4v) is 1.98. The van der Waals surface area contributed by atoms with Gasteiger partial charge in [0.15, 0.2) is 0 Å². The normalized spacial score (nSPS) is 11.1. The molecule has 0 aliphatic rings. The summed E-state index contributed by atoms with van der Waals surface area (Å²) in [6, 6.07) is 3.15.